The molecule has 0 spiro atoms. The smallest absolute Gasteiger partial charge is 0.325 e. The average Bonchev–Trinajstić information content (AvgIpc) is 2.45. The van der Waals surface area contributed by atoms with Gasteiger partial charge in [0.25, 0.3) is 0 Å². The lowest BCUT2D eigenvalue weighted by molar-refractivity contribution is -0.141. The van der Waals surface area contributed by atoms with Gasteiger partial charge in [-0.3, -0.25) is 4.79 Å². The SMILES string of the molecule is O=C(Nc1ccccc1C(F)(F)F)C12CC3CC(CC(C3)C1)C2. The normalized spacial score (nSPS) is 35.3. The van der Waals surface area contributed by atoms with Crippen LogP contribution in [0.25, 0.3) is 0 Å². The van der Waals surface area contributed by atoms with Crippen molar-refractivity contribution in [3.05, 3.63) is 29.8 Å². The zero-order valence-electron chi connectivity index (χ0n) is 12.8. The molecule has 0 saturated heterocycles. The van der Waals surface area contributed by atoms with Crippen molar-refractivity contribution in [2.75, 3.05) is 5.32 Å². The van der Waals surface area contributed by atoms with E-state index in [0.717, 1.165) is 25.3 Å². The Labute approximate surface area is 133 Å². The van der Waals surface area contributed by atoms with Crippen molar-refractivity contribution in [2.45, 2.75) is 44.7 Å². The van der Waals surface area contributed by atoms with Crippen molar-refractivity contribution in [3.63, 3.8) is 0 Å². The number of rotatable bonds is 2. The van der Waals surface area contributed by atoms with Gasteiger partial charge in [0.2, 0.25) is 5.91 Å². The Bertz CT molecular complexity index is 602. The van der Waals surface area contributed by atoms with Crippen molar-refractivity contribution >= 4 is 11.6 Å². The Kier molecular flexibility index (Phi) is 3.26. The molecule has 0 aromatic heterocycles. The maximum Gasteiger partial charge on any atom is 0.418 e. The molecule has 5 rings (SSSR count). The lowest BCUT2D eigenvalue weighted by Crippen LogP contribution is -2.51. The van der Waals surface area contributed by atoms with E-state index in [4.69, 9.17) is 0 Å². The zero-order chi connectivity index (χ0) is 16.2. The van der Waals surface area contributed by atoms with Gasteiger partial charge in [-0.1, -0.05) is 12.1 Å². The predicted octanol–water partition coefficient (Wildman–Crippen LogP) is 4.86. The van der Waals surface area contributed by atoms with Crippen molar-refractivity contribution in [1.82, 2.24) is 0 Å². The van der Waals surface area contributed by atoms with Crippen molar-refractivity contribution in [1.29, 1.82) is 0 Å². The van der Waals surface area contributed by atoms with Crippen molar-refractivity contribution < 1.29 is 18.0 Å². The molecule has 1 aromatic rings. The minimum Gasteiger partial charge on any atom is -0.325 e. The van der Waals surface area contributed by atoms with Gasteiger partial charge in [-0.05, 0) is 68.4 Å². The van der Waals surface area contributed by atoms with Gasteiger partial charge in [0, 0.05) is 0 Å². The molecular weight excluding hydrogens is 303 g/mol. The van der Waals surface area contributed by atoms with E-state index in [2.05, 4.69) is 5.32 Å². The van der Waals surface area contributed by atoms with Crippen molar-refractivity contribution in [3.8, 4) is 0 Å². The molecule has 4 fully saturated rings. The molecule has 0 heterocycles. The van der Waals surface area contributed by atoms with E-state index in [1.807, 2.05) is 0 Å². The van der Waals surface area contributed by atoms with Crippen LogP contribution in [0.15, 0.2) is 24.3 Å². The summed E-state index contributed by atoms with van der Waals surface area (Å²) in [4.78, 5) is 12.9. The average molecular weight is 323 g/mol. The standard InChI is InChI=1S/C18H20F3NO/c19-18(20,21)14-3-1-2-4-15(14)22-16(23)17-8-11-5-12(9-17)7-13(6-11)10-17/h1-4,11-13H,5-10H2,(H,22,23). The Morgan fingerprint density at radius 2 is 1.52 bits per heavy atom. The van der Waals surface area contributed by atoms with Crippen LogP contribution in [-0.2, 0) is 11.0 Å². The Hall–Kier alpha value is -1.52. The Balaban J connectivity index is 1.60. The van der Waals surface area contributed by atoms with Gasteiger partial charge in [0.1, 0.15) is 0 Å². The van der Waals surface area contributed by atoms with Gasteiger partial charge in [-0.2, -0.15) is 13.2 Å². The molecule has 4 bridgehead atoms. The number of carbonyl (C=O) groups is 1. The molecule has 2 nitrogen and oxygen atoms in total. The number of hydrogen-bond donors (Lipinski definition) is 1. The van der Waals surface area contributed by atoms with Crippen LogP contribution < -0.4 is 5.32 Å². The van der Waals surface area contributed by atoms with E-state index in [9.17, 15) is 18.0 Å². The van der Waals surface area contributed by atoms with Crippen LogP contribution in [-0.4, -0.2) is 5.91 Å². The highest BCUT2D eigenvalue weighted by molar-refractivity contribution is 5.96. The van der Waals surface area contributed by atoms with E-state index in [-0.39, 0.29) is 11.6 Å². The second kappa shape index (κ2) is 4.99. The number of anilines is 1. The van der Waals surface area contributed by atoms with E-state index >= 15 is 0 Å². The number of amides is 1. The molecule has 4 saturated carbocycles. The quantitative estimate of drug-likeness (QED) is 0.827. The Morgan fingerprint density at radius 3 is 2.04 bits per heavy atom. The minimum atomic E-state index is -4.45. The molecule has 1 aromatic carbocycles. The summed E-state index contributed by atoms with van der Waals surface area (Å²) in [6, 6.07) is 5.25. The first-order valence-electron chi connectivity index (χ1n) is 8.33. The van der Waals surface area contributed by atoms with Gasteiger partial charge in [0.05, 0.1) is 16.7 Å². The van der Waals surface area contributed by atoms with Gasteiger partial charge in [0.15, 0.2) is 0 Å². The summed E-state index contributed by atoms with van der Waals surface area (Å²) < 4.78 is 39.3. The molecular formula is C18H20F3NO. The summed E-state index contributed by atoms with van der Waals surface area (Å²) in [6.07, 6.45) is 1.69. The van der Waals surface area contributed by atoms with Crippen molar-refractivity contribution in [2.24, 2.45) is 23.2 Å². The molecule has 1 amide bonds. The number of hydrogen-bond acceptors (Lipinski definition) is 1. The lowest BCUT2D eigenvalue weighted by Gasteiger charge is -2.55. The molecule has 0 aliphatic heterocycles. The first-order chi connectivity index (χ1) is 10.9. The highest BCUT2D eigenvalue weighted by Crippen LogP contribution is 2.60. The van der Waals surface area contributed by atoms with Crippen LogP contribution in [0.5, 0.6) is 0 Å². The highest BCUT2D eigenvalue weighted by Gasteiger charge is 2.54. The Morgan fingerprint density at radius 1 is 1.00 bits per heavy atom. The van der Waals surface area contributed by atoms with Crippen LogP contribution in [0.1, 0.15) is 44.1 Å². The largest absolute Gasteiger partial charge is 0.418 e. The third kappa shape index (κ3) is 2.54. The second-order valence-corrected chi connectivity index (χ2v) is 7.70. The van der Waals surface area contributed by atoms with Gasteiger partial charge >= 0.3 is 6.18 Å². The topological polar surface area (TPSA) is 29.1 Å². The second-order valence-electron chi connectivity index (χ2n) is 7.70. The fourth-order valence-corrected chi connectivity index (χ4v) is 5.48. The van der Waals surface area contributed by atoms with E-state index in [1.165, 1.54) is 37.5 Å². The maximum absolute atomic E-state index is 13.1. The van der Waals surface area contributed by atoms with Crippen LogP contribution in [0.2, 0.25) is 0 Å². The molecule has 0 radical (unpaired) electrons. The van der Waals surface area contributed by atoms with Crippen LogP contribution in [0.4, 0.5) is 18.9 Å². The number of alkyl halides is 3. The van der Waals surface area contributed by atoms with Crippen LogP contribution >= 0.6 is 0 Å². The number of nitrogens with one attached hydrogen (secondary N) is 1. The summed E-state index contributed by atoms with van der Waals surface area (Å²) in [5, 5.41) is 2.62. The summed E-state index contributed by atoms with van der Waals surface area (Å²) in [5.74, 6) is 1.56. The van der Waals surface area contributed by atoms with Gasteiger partial charge < -0.3 is 5.32 Å². The molecule has 0 unspecified atom stereocenters. The summed E-state index contributed by atoms with van der Waals surface area (Å²) >= 11 is 0. The molecule has 0 atom stereocenters. The number of halogens is 3. The molecule has 4 aliphatic rings. The molecule has 5 heteroatoms. The fraction of sp³-hybridized carbons (Fsp3) is 0.611. The van der Waals surface area contributed by atoms with E-state index < -0.39 is 17.2 Å². The highest BCUT2D eigenvalue weighted by atomic mass is 19.4. The van der Waals surface area contributed by atoms with E-state index in [1.54, 1.807) is 0 Å². The molecule has 1 N–H and O–H groups in total. The number of para-hydroxylation sites is 1. The summed E-state index contributed by atoms with van der Waals surface area (Å²) in [6.45, 7) is 0. The summed E-state index contributed by atoms with van der Waals surface area (Å²) in [5.41, 5.74) is -1.31. The summed E-state index contributed by atoms with van der Waals surface area (Å²) in [7, 11) is 0. The number of benzene rings is 1. The van der Waals surface area contributed by atoms with Crippen LogP contribution in [0, 0.1) is 23.2 Å². The van der Waals surface area contributed by atoms with Gasteiger partial charge in [-0.15, -0.1) is 0 Å². The lowest BCUT2D eigenvalue weighted by atomic mass is 9.49. The number of carbonyl (C=O) groups excluding carboxylic acids is 1. The van der Waals surface area contributed by atoms with E-state index in [0.29, 0.717) is 17.8 Å². The first-order valence-corrected chi connectivity index (χ1v) is 8.33. The monoisotopic (exact) mass is 323 g/mol. The fourth-order valence-electron chi connectivity index (χ4n) is 5.48. The predicted molar refractivity (Wildman–Crippen MR) is 80.7 cm³/mol. The molecule has 4 aliphatic carbocycles. The minimum absolute atomic E-state index is 0.110. The molecule has 124 valence electrons. The third-order valence-corrected chi connectivity index (χ3v) is 6.00. The van der Waals surface area contributed by atoms with Crippen LogP contribution in [0.3, 0.4) is 0 Å². The maximum atomic E-state index is 13.1. The van der Waals surface area contributed by atoms with Gasteiger partial charge in [-0.25, -0.2) is 0 Å². The third-order valence-electron chi connectivity index (χ3n) is 6.00. The zero-order valence-corrected chi connectivity index (χ0v) is 12.8. The first kappa shape index (κ1) is 15.0. The molecule has 23 heavy (non-hydrogen) atoms.